The molecule has 1 aromatic rings. The lowest BCUT2D eigenvalue weighted by molar-refractivity contribution is -0.137. The molecule has 2 nitrogen and oxygen atoms in total. The highest BCUT2D eigenvalue weighted by atomic mass is 32.1. The highest BCUT2D eigenvalue weighted by Gasteiger charge is 2.41. The minimum Gasteiger partial charge on any atom is -0.338 e. The maximum atomic E-state index is 12.9. The average Bonchev–Trinajstić information content (AvgIpc) is 3.19. The molecule has 1 aromatic heterocycles. The van der Waals surface area contributed by atoms with Crippen molar-refractivity contribution < 1.29 is 4.79 Å². The van der Waals surface area contributed by atoms with E-state index in [-0.39, 0.29) is 5.92 Å². The van der Waals surface area contributed by atoms with E-state index in [2.05, 4.69) is 40.8 Å². The van der Waals surface area contributed by atoms with Gasteiger partial charge in [-0.25, -0.2) is 0 Å². The molecule has 108 valence electrons. The quantitative estimate of drug-likeness (QED) is 0.722. The number of hydrogen-bond acceptors (Lipinski definition) is 2. The van der Waals surface area contributed by atoms with Gasteiger partial charge in [-0.3, -0.25) is 4.79 Å². The van der Waals surface area contributed by atoms with Crippen molar-refractivity contribution in [1.29, 1.82) is 0 Å². The van der Waals surface area contributed by atoms with Gasteiger partial charge < -0.3 is 4.90 Å². The molecule has 3 heteroatoms. The second kappa shape index (κ2) is 6.13. The Morgan fingerprint density at radius 2 is 2.30 bits per heavy atom. The number of unbranched alkanes of at least 4 members (excludes halogenated alkanes) is 1. The first kappa shape index (κ1) is 13.9. The van der Waals surface area contributed by atoms with Crippen molar-refractivity contribution in [2.75, 3.05) is 6.54 Å². The second-order valence-corrected chi connectivity index (χ2v) is 6.91. The van der Waals surface area contributed by atoms with Crippen molar-refractivity contribution in [2.24, 2.45) is 17.8 Å². The van der Waals surface area contributed by atoms with Crippen LogP contribution < -0.4 is 0 Å². The molecule has 0 aliphatic heterocycles. The van der Waals surface area contributed by atoms with E-state index in [0.717, 1.165) is 32.4 Å². The number of allylic oxidation sites excluding steroid dienone is 2. The van der Waals surface area contributed by atoms with Crippen molar-refractivity contribution in [3.05, 3.63) is 34.5 Å². The molecule has 3 atom stereocenters. The molecule has 0 spiro atoms. The lowest BCUT2D eigenvalue weighted by Gasteiger charge is -2.28. The van der Waals surface area contributed by atoms with Crippen LogP contribution in [0.1, 0.15) is 38.2 Å². The summed E-state index contributed by atoms with van der Waals surface area (Å²) in [5, 5.41) is 4.25. The molecule has 2 bridgehead atoms. The van der Waals surface area contributed by atoms with Crippen molar-refractivity contribution >= 4 is 17.2 Å². The van der Waals surface area contributed by atoms with E-state index in [0.29, 0.717) is 17.7 Å². The Labute approximate surface area is 125 Å². The Kier molecular flexibility index (Phi) is 4.25. The number of rotatable bonds is 6. The highest BCUT2D eigenvalue weighted by molar-refractivity contribution is 7.07. The lowest BCUT2D eigenvalue weighted by atomic mass is 9.92. The van der Waals surface area contributed by atoms with Gasteiger partial charge in [-0.05, 0) is 53.5 Å². The minimum atomic E-state index is 0.250. The summed E-state index contributed by atoms with van der Waals surface area (Å²) in [5.41, 5.74) is 1.28. The first-order valence-corrected chi connectivity index (χ1v) is 8.70. The number of thiophene rings is 1. The molecule has 1 heterocycles. The second-order valence-electron chi connectivity index (χ2n) is 6.13. The minimum absolute atomic E-state index is 0.250. The molecular formula is C17H23NOS. The van der Waals surface area contributed by atoms with Gasteiger partial charge >= 0.3 is 0 Å². The summed E-state index contributed by atoms with van der Waals surface area (Å²) in [6.07, 6.45) is 9.11. The number of fused-ring (bicyclic) bond motifs is 2. The largest absolute Gasteiger partial charge is 0.338 e. The SMILES string of the molecule is CCCCN(Cc1ccsc1)C(=O)[C@H]1C[C@@H]2C=C[C@H]1C2. The summed E-state index contributed by atoms with van der Waals surface area (Å²) in [7, 11) is 0. The van der Waals surface area contributed by atoms with Gasteiger partial charge in [0.25, 0.3) is 0 Å². The molecule has 3 rings (SSSR count). The Bertz CT molecular complexity index is 479. The van der Waals surface area contributed by atoms with Gasteiger partial charge in [0.1, 0.15) is 0 Å². The van der Waals surface area contributed by atoms with E-state index in [1.807, 2.05) is 0 Å². The van der Waals surface area contributed by atoms with Gasteiger partial charge in [0.2, 0.25) is 5.91 Å². The Morgan fingerprint density at radius 3 is 2.90 bits per heavy atom. The van der Waals surface area contributed by atoms with Crippen LogP contribution in [0, 0.1) is 17.8 Å². The molecule has 1 fully saturated rings. The van der Waals surface area contributed by atoms with E-state index in [1.165, 1.54) is 12.0 Å². The summed E-state index contributed by atoms with van der Waals surface area (Å²) in [5.74, 6) is 1.82. The van der Waals surface area contributed by atoms with Gasteiger partial charge in [0, 0.05) is 19.0 Å². The smallest absolute Gasteiger partial charge is 0.226 e. The van der Waals surface area contributed by atoms with Crippen LogP contribution in [0.5, 0.6) is 0 Å². The van der Waals surface area contributed by atoms with Crippen LogP contribution in [-0.2, 0) is 11.3 Å². The van der Waals surface area contributed by atoms with Crippen molar-refractivity contribution in [2.45, 2.75) is 39.2 Å². The molecule has 20 heavy (non-hydrogen) atoms. The predicted octanol–water partition coefficient (Wildman–Crippen LogP) is 4.09. The topological polar surface area (TPSA) is 20.3 Å². The maximum Gasteiger partial charge on any atom is 0.226 e. The molecule has 0 saturated heterocycles. The van der Waals surface area contributed by atoms with Crippen LogP contribution in [0.3, 0.4) is 0 Å². The third-order valence-electron chi connectivity index (χ3n) is 4.64. The molecule has 0 aromatic carbocycles. The number of hydrogen-bond donors (Lipinski definition) is 0. The number of carbonyl (C=O) groups is 1. The zero-order chi connectivity index (χ0) is 13.9. The molecule has 1 saturated carbocycles. The molecular weight excluding hydrogens is 266 g/mol. The van der Waals surface area contributed by atoms with E-state index in [1.54, 1.807) is 11.3 Å². The Morgan fingerprint density at radius 1 is 1.40 bits per heavy atom. The first-order chi connectivity index (χ1) is 9.78. The molecule has 2 aliphatic rings. The molecule has 0 radical (unpaired) electrons. The van der Waals surface area contributed by atoms with Crippen LogP contribution >= 0.6 is 11.3 Å². The zero-order valence-corrected chi connectivity index (χ0v) is 12.9. The maximum absolute atomic E-state index is 12.9. The normalized spacial score (nSPS) is 27.1. The van der Waals surface area contributed by atoms with Crippen molar-refractivity contribution in [1.82, 2.24) is 4.90 Å². The summed E-state index contributed by atoms with van der Waals surface area (Å²) >= 11 is 1.71. The fraction of sp³-hybridized carbons (Fsp3) is 0.588. The van der Waals surface area contributed by atoms with Crippen LogP contribution in [0.25, 0.3) is 0 Å². The van der Waals surface area contributed by atoms with E-state index >= 15 is 0 Å². The molecule has 0 N–H and O–H groups in total. The van der Waals surface area contributed by atoms with Gasteiger partial charge in [0.05, 0.1) is 0 Å². The fourth-order valence-electron chi connectivity index (χ4n) is 3.52. The van der Waals surface area contributed by atoms with Crippen LogP contribution in [0.15, 0.2) is 29.0 Å². The summed E-state index contributed by atoms with van der Waals surface area (Å²) in [6.45, 7) is 3.89. The lowest BCUT2D eigenvalue weighted by Crippen LogP contribution is -2.37. The molecule has 0 unspecified atom stereocenters. The van der Waals surface area contributed by atoms with E-state index in [4.69, 9.17) is 0 Å². The molecule has 2 aliphatic carbocycles. The van der Waals surface area contributed by atoms with Crippen LogP contribution in [0.2, 0.25) is 0 Å². The molecule has 1 amide bonds. The Balaban J connectivity index is 1.68. The summed E-state index contributed by atoms with van der Waals surface area (Å²) in [6, 6.07) is 2.14. The van der Waals surface area contributed by atoms with Crippen molar-refractivity contribution in [3.8, 4) is 0 Å². The van der Waals surface area contributed by atoms with Gasteiger partial charge in [-0.15, -0.1) is 0 Å². The van der Waals surface area contributed by atoms with Crippen LogP contribution in [0.4, 0.5) is 0 Å². The van der Waals surface area contributed by atoms with Gasteiger partial charge in [0.15, 0.2) is 0 Å². The summed E-state index contributed by atoms with van der Waals surface area (Å²) in [4.78, 5) is 15.0. The third kappa shape index (κ3) is 2.83. The van der Waals surface area contributed by atoms with Gasteiger partial charge in [-0.2, -0.15) is 11.3 Å². The standard InChI is InChI=1S/C17H23NOS/c1-2-3-7-18(11-14-6-8-20-12-14)17(19)16-10-13-4-5-15(16)9-13/h4-6,8,12-13,15-16H,2-3,7,9-11H2,1H3/t13-,15+,16+/m1/s1. The van der Waals surface area contributed by atoms with Crippen LogP contribution in [-0.4, -0.2) is 17.4 Å². The van der Waals surface area contributed by atoms with E-state index in [9.17, 15) is 4.79 Å². The number of amides is 1. The fourth-order valence-corrected chi connectivity index (χ4v) is 4.18. The third-order valence-corrected chi connectivity index (χ3v) is 5.37. The first-order valence-electron chi connectivity index (χ1n) is 7.76. The van der Waals surface area contributed by atoms with Crippen molar-refractivity contribution in [3.63, 3.8) is 0 Å². The zero-order valence-electron chi connectivity index (χ0n) is 12.1. The highest BCUT2D eigenvalue weighted by Crippen LogP contribution is 2.44. The predicted molar refractivity (Wildman–Crippen MR) is 83.5 cm³/mol. The number of nitrogens with zero attached hydrogens (tertiary/aromatic N) is 1. The summed E-state index contributed by atoms with van der Waals surface area (Å²) < 4.78 is 0. The van der Waals surface area contributed by atoms with E-state index < -0.39 is 0 Å². The monoisotopic (exact) mass is 289 g/mol. The van der Waals surface area contributed by atoms with Gasteiger partial charge in [-0.1, -0.05) is 25.5 Å². The average molecular weight is 289 g/mol. The Hall–Kier alpha value is -1.09. The number of carbonyl (C=O) groups excluding carboxylic acids is 1.